The standard InChI is InChI=1S/C30H36O7/c1-4-35-28(15-29(33)34)24-8-10-26(11-9-24)36-18-22-6-5-7-25(14-22)30-20(2)12-27(13-21(30)3)37-19-23(16-31)17-32/h5-14,23,28,31-32H,4,15-19H2,1-3H3,(H,33,34)/t28-/m0/s1. The number of rotatable bonds is 14. The predicted molar refractivity (Wildman–Crippen MR) is 142 cm³/mol. The van der Waals surface area contributed by atoms with E-state index < -0.39 is 12.1 Å². The number of aryl methyl sites for hydroxylation is 2. The highest BCUT2D eigenvalue weighted by Crippen LogP contribution is 2.32. The van der Waals surface area contributed by atoms with Crippen molar-refractivity contribution >= 4 is 5.97 Å². The minimum atomic E-state index is -0.900. The first-order chi connectivity index (χ1) is 17.8. The molecule has 0 aliphatic carbocycles. The van der Waals surface area contributed by atoms with Gasteiger partial charge in [0.25, 0.3) is 0 Å². The molecule has 3 aromatic rings. The lowest BCUT2D eigenvalue weighted by Crippen LogP contribution is -2.19. The summed E-state index contributed by atoms with van der Waals surface area (Å²) in [6, 6.07) is 19.5. The van der Waals surface area contributed by atoms with Crippen LogP contribution >= 0.6 is 0 Å². The van der Waals surface area contributed by atoms with Crippen molar-refractivity contribution in [3.05, 3.63) is 82.9 Å². The molecule has 0 aromatic heterocycles. The Hall–Kier alpha value is -3.39. The summed E-state index contributed by atoms with van der Waals surface area (Å²) in [5, 5.41) is 27.6. The topological polar surface area (TPSA) is 105 Å². The molecule has 0 fully saturated rings. The van der Waals surface area contributed by atoms with Crippen LogP contribution in [0.4, 0.5) is 0 Å². The van der Waals surface area contributed by atoms with Gasteiger partial charge in [-0.25, -0.2) is 0 Å². The number of carboxylic acids is 1. The average Bonchev–Trinajstić information content (AvgIpc) is 2.88. The molecular formula is C30H36O7. The Kier molecular flexibility index (Phi) is 10.5. The van der Waals surface area contributed by atoms with Gasteiger partial charge in [-0.05, 0) is 84.5 Å². The molecule has 0 saturated heterocycles. The molecule has 0 heterocycles. The van der Waals surface area contributed by atoms with E-state index in [0.717, 1.165) is 33.4 Å². The van der Waals surface area contributed by atoms with Gasteiger partial charge in [0.05, 0.1) is 32.3 Å². The SMILES string of the molecule is CCO[C@@H](CC(=O)O)c1ccc(OCc2cccc(-c3c(C)cc(OCC(CO)CO)cc3C)c2)cc1. The van der Waals surface area contributed by atoms with Crippen LogP contribution in [0.5, 0.6) is 11.5 Å². The molecule has 0 unspecified atom stereocenters. The van der Waals surface area contributed by atoms with Crippen LogP contribution in [0, 0.1) is 19.8 Å². The lowest BCUT2D eigenvalue weighted by atomic mass is 9.94. The normalized spacial score (nSPS) is 11.9. The summed E-state index contributed by atoms with van der Waals surface area (Å²) in [5.41, 5.74) is 6.17. The molecule has 0 aliphatic heterocycles. The summed E-state index contributed by atoms with van der Waals surface area (Å²) < 4.78 is 17.4. The molecule has 0 amide bonds. The number of aliphatic hydroxyl groups excluding tert-OH is 2. The third kappa shape index (κ3) is 8.05. The van der Waals surface area contributed by atoms with Gasteiger partial charge in [0.1, 0.15) is 18.1 Å². The molecule has 7 nitrogen and oxygen atoms in total. The Morgan fingerprint density at radius 3 is 2.16 bits per heavy atom. The van der Waals surface area contributed by atoms with Gasteiger partial charge in [0, 0.05) is 12.5 Å². The number of carbonyl (C=O) groups is 1. The van der Waals surface area contributed by atoms with Crippen LogP contribution in [-0.2, 0) is 16.1 Å². The number of hydrogen-bond acceptors (Lipinski definition) is 6. The zero-order chi connectivity index (χ0) is 26.8. The molecule has 37 heavy (non-hydrogen) atoms. The molecule has 3 N–H and O–H groups in total. The summed E-state index contributed by atoms with van der Waals surface area (Å²) >= 11 is 0. The number of hydrogen-bond donors (Lipinski definition) is 3. The Labute approximate surface area is 218 Å². The van der Waals surface area contributed by atoms with Crippen LogP contribution in [0.1, 0.15) is 41.7 Å². The summed E-state index contributed by atoms with van der Waals surface area (Å²) in [4.78, 5) is 11.1. The summed E-state index contributed by atoms with van der Waals surface area (Å²) in [7, 11) is 0. The maximum Gasteiger partial charge on any atom is 0.306 e. The van der Waals surface area contributed by atoms with E-state index in [1.165, 1.54) is 0 Å². The first kappa shape index (κ1) is 28.2. The van der Waals surface area contributed by atoms with Crippen molar-refractivity contribution in [2.45, 2.75) is 39.9 Å². The summed E-state index contributed by atoms with van der Waals surface area (Å²) in [5.74, 6) is 0.202. The minimum absolute atomic E-state index is 0.0847. The van der Waals surface area contributed by atoms with Crippen molar-refractivity contribution in [2.75, 3.05) is 26.4 Å². The zero-order valence-corrected chi connectivity index (χ0v) is 21.6. The first-order valence-corrected chi connectivity index (χ1v) is 12.5. The van der Waals surface area contributed by atoms with E-state index >= 15 is 0 Å². The molecule has 0 bridgehead atoms. The smallest absolute Gasteiger partial charge is 0.306 e. The van der Waals surface area contributed by atoms with E-state index in [4.69, 9.17) is 19.3 Å². The number of ether oxygens (including phenoxy) is 3. The fourth-order valence-corrected chi connectivity index (χ4v) is 4.23. The summed E-state index contributed by atoms with van der Waals surface area (Å²) in [6.45, 7) is 6.76. The fourth-order valence-electron chi connectivity index (χ4n) is 4.23. The Morgan fingerprint density at radius 1 is 0.892 bits per heavy atom. The van der Waals surface area contributed by atoms with E-state index in [2.05, 4.69) is 12.1 Å². The Balaban J connectivity index is 1.68. The van der Waals surface area contributed by atoms with Crippen molar-refractivity contribution in [3.63, 3.8) is 0 Å². The van der Waals surface area contributed by atoms with Crippen LogP contribution in [-0.4, -0.2) is 47.7 Å². The van der Waals surface area contributed by atoms with Gasteiger partial charge < -0.3 is 29.5 Å². The van der Waals surface area contributed by atoms with E-state index in [9.17, 15) is 15.0 Å². The third-order valence-corrected chi connectivity index (χ3v) is 6.11. The van der Waals surface area contributed by atoms with Crippen molar-refractivity contribution in [1.82, 2.24) is 0 Å². The number of aliphatic hydroxyl groups is 2. The largest absolute Gasteiger partial charge is 0.493 e. The van der Waals surface area contributed by atoms with Gasteiger partial charge in [-0.1, -0.05) is 30.3 Å². The zero-order valence-electron chi connectivity index (χ0n) is 21.6. The number of carboxylic acid groups (broad SMARTS) is 1. The first-order valence-electron chi connectivity index (χ1n) is 12.5. The van der Waals surface area contributed by atoms with Gasteiger partial charge in [0.2, 0.25) is 0 Å². The van der Waals surface area contributed by atoms with Gasteiger partial charge in [0.15, 0.2) is 0 Å². The molecular weight excluding hydrogens is 472 g/mol. The summed E-state index contributed by atoms with van der Waals surface area (Å²) in [6.07, 6.45) is -0.569. The Bertz CT molecular complexity index is 1130. The molecule has 0 radical (unpaired) electrons. The molecule has 0 spiro atoms. The molecule has 0 aliphatic rings. The second kappa shape index (κ2) is 13.8. The Morgan fingerprint density at radius 2 is 1.57 bits per heavy atom. The second-order valence-electron chi connectivity index (χ2n) is 9.07. The maximum atomic E-state index is 11.1. The number of aliphatic carboxylic acids is 1. The van der Waals surface area contributed by atoms with E-state index in [1.807, 2.05) is 69.3 Å². The monoisotopic (exact) mass is 508 g/mol. The van der Waals surface area contributed by atoms with Crippen molar-refractivity contribution in [3.8, 4) is 22.6 Å². The van der Waals surface area contributed by atoms with Gasteiger partial charge in [-0.2, -0.15) is 0 Å². The lowest BCUT2D eigenvalue weighted by Gasteiger charge is -2.17. The average molecular weight is 509 g/mol. The fraction of sp³-hybridized carbons (Fsp3) is 0.367. The van der Waals surface area contributed by atoms with Gasteiger partial charge >= 0.3 is 5.97 Å². The second-order valence-corrected chi connectivity index (χ2v) is 9.07. The number of benzene rings is 3. The van der Waals surface area contributed by atoms with Gasteiger partial charge in [-0.3, -0.25) is 4.79 Å². The van der Waals surface area contributed by atoms with Crippen molar-refractivity contribution in [1.29, 1.82) is 0 Å². The molecule has 1 atom stereocenters. The van der Waals surface area contributed by atoms with Crippen LogP contribution < -0.4 is 9.47 Å². The molecule has 0 saturated carbocycles. The predicted octanol–water partition coefficient (Wildman–Crippen LogP) is 5.08. The third-order valence-electron chi connectivity index (χ3n) is 6.11. The highest BCUT2D eigenvalue weighted by Gasteiger charge is 2.16. The van der Waals surface area contributed by atoms with Crippen LogP contribution in [0.15, 0.2) is 60.7 Å². The van der Waals surface area contributed by atoms with Crippen molar-refractivity contribution in [2.24, 2.45) is 5.92 Å². The molecule has 3 aromatic carbocycles. The quantitative estimate of drug-likeness (QED) is 0.279. The van der Waals surface area contributed by atoms with Crippen molar-refractivity contribution < 1.29 is 34.3 Å². The minimum Gasteiger partial charge on any atom is -0.493 e. The molecule has 198 valence electrons. The van der Waals surface area contributed by atoms with E-state index in [1.54, 1.807) is 0 Å². The van der Waals surface area contributed by atoms with Crippen LogP contribution in [0.3, 0.4) is 0 Å². The maximum absolute atomic E-state index is 11.1. The molecule has 7 heteroatoms. The highest BCUT2D eigenvalue weighted by atomic mass is 16.5. The van der Waals surface area contributed by atoms with Crippen LogP contribution in [0.25, 0.3) is 11.1 Å². The van der Waals surface area contributed by atoms with E-state index in [-0.39, 0.29) is 32.2 Å². The highest BCUT2D eigenvalue weighted by molar-refractivity contribution is 5.72. The van der Waals surface area contributed by atoms with Crippen LogP contribution in [0.2, 0.25) is 0 Å². The lowest BCUT2D eigenvalue weighted by molar-refractivity contribution is -0.140. The molecule has 3 rings (SSSR count). The van der Waals surface area contributed by atoms with Gasteiger partial charge in [-0.15, -0.1) is 0 Å². The van der Waals surface area contributed by atoms with E-state index in [0.29, 0.717) is 24.7 Å².